The molecular weight excluding hydrogens is 188 g/mol. The first-order valence-corrected chi connectivity index (χ1v) is 5.80. The van der Waals surface area contributed by atoms with Crippen LogP contribution in [0.1, 0.15) is 57.3 Å². The second kappa shape index (κ2) is 3.54. The second-order valence-corrected chi connectivity index (χ2v) is 5.20. The standard InChI is InChI=1S/C12H20N2O/c1-4-8-10(15-14-11(8)13)9-6-5-7-12(9,2)3/h9H,4-7H2,1-3H3,(H2,13,14). The molecule has 1 fully saturated rings. The van der Waals surface area contributed by atoms with E-state index in [1.54, 1.807) is 0 Å². The second-order valence-electron chi connectivity index (χ2n) is 5.20. The normalized spacial score (nSPS) is 24.6. The molecule has 0 saturated heterocycles. The molecule has 1 aliphatic rings. The van der Waals surface area contributed by atoms with E-state index in [1.807, 2.05) is 0 Å². The van der Waals surface area contributed by atoms with Crippen LogP contribution in [0.4, 0.5) is 5.82 Å². The summed E-state index contributed by atoms with van der Waals surface area (Å²) in [6, 6.07) is 0. The van der Waals surface area contributed by atoms with E-state index < -0.39 is 0 Å². The average molecular weight is 208 g/mol. The van der Waals surface area contributed by atoms with Crippen molar-refractivity contribution >= 4 is 5.82 Å². The van der Waals surface area contributed by atoms with Gasteiger partial charge in [0.25, 0.3) is 0 Å². The molecule has 15 heavy (non-hydrogen) atoms. The van der Waals surface area contributed by atoms with Crippen molar-refractivity contribution in [3.63, 3.8) is 0 Å². The first kappa shape index (κ1) is 10.5. The number of rotatable bonds is 2. The highest BCUT2D eigenvalue weighted by Gasteiger charge is 2.39. The quantitative estimate of drug-likeness (QED) is 0.812. The lowest BCUT2D eigenvalue weighted by Crippen LogP contribution is -2.16. The van der Waals surface area contributed by atoms with Gasteiger partial charge in [-0.25, -0.2) is 0 Å². The minimum Gasteiger partial charge on any atom is -0.381 e. The molecule has 0 radical (unpaired) electrons. The van der Waals surface area contributed by atoms with Crippen LogP contribution in [0.3, 0.4) is 0 Å². The maximum Gasteiger partial charge on any atom is 0.170 e. The largest absolute Gasteiger partial charge is 0.381 e. The van der Waals surface area contributed by atoms with Crippen LogP contribution in [0.25, 0.3) is 0 Å². The molecule has 1 aromatic heterocycles. The van der Waals surface area contributed by atoms with E-state index in [4.69, 9.17) is 10.3 Å². The third-order valence-electron chi connectivity index (χ3n) is 3.78. The fourth-order valence-corrected chi connectivity index (χ4v) is 2.78. The molecule has 1 heterocycles. The molecule has 2 rings (SSSR count). The minimum absolute atomic E-state index is 0.329. The van der Waals surface area contributed by atoms with Gasteiger partial charge in [0.2, 0.25) is 0 Å². The van der Waals surface area contributed by atoms with Crippen molar-refractivity contribution in [2.24, 2.45) is 5.41 Å². The summed E-state index contributed by atoms with van der Waals surface area (Å²) in [7, 11) is 0. The van der Waals surface area contributed by atoms with E-state index in [-0.39, 0.29) is 0 Å². The molecule has 3 nitrogen and oxygen atoms in total. The van der Waals surface area contributed by atoms with E-state index in [9.17, 15) is 0 Å². The van der Waals surface area contributed by atoms with Gasteiger partial charge in [0.15, 0.2) is 5.82 Å². The Bertz CT molecular complexity index is 355. The van der Waals surface area contributed by atoms with E-state index in [2.05, 4.69) is 25.9 Å². The Morgan fingerprint density at radius 2 is 2.27 bits per heavy atom. The zero-order valence-electron chi connectivity index (χ0n) is 9.84. The van der Waals surface area contributed by atoms with Crippen molar-refractivity contribution < 1.29 is 4.52 Å². The zero-order valence-corrected chi connectivity index (χ0v) is 9.84. The molecule has 84 valence electrons. The molecule has 1 aliphatic carbocycles. The van der Waals surface area contributed by atoms with Gasteiger partial charge in [-0.2, -0.15) is 0 Å². The van der Waals surface area contributed by atoms with Crippen LogP contribution in [0.15, 0.2) is 4.52 Å². The Hall–Kier alpha value is -0.990. The fourth-order valence-electron chi connectivity index (χ4n) is 2.78. The third-order valence-corrected chi connectivity index (χ3v) is 3.78. The van der Waals surface area contributed by atoms with Gasteiger partial charge >= 0.3 is 0 Å². The van der Waals surface area contributed by atoms with Crippen molar-refractivity contribution in [1.29, 1.82) is 0 Å². The summed E-state index contributed by atoms with van der Waals surface area (Å²) >= 11 is 0. The summed E-state index contributed by atoms with van der Waals surface area (Å²) in [6.07, 6.45) is 4.66. The van der Waals surface area contributed by atoms with Crippen molar-refractivity contribution in [1.82, 2.24) is 5.16 Å². The van der Waals surface area contributed by atoms with Crippen molar-refractivity contribution in [3.05, 3.63) is 11.3 Å². The average Bonchev–Trinajstić information content (AvgIpc) is 2.68. The summed E-state index contributed by atoms with van der Waals surface area (Å²) in [5.74, 6) is 2.12. The van der Waals surface area contributed by atoms with Crippen molar-refractivity contribution in [3.8, 4) is 0 Å². The lowest BCUT2D eigenvalue weighted by molar-refractivity contribution is 0.266. The molecule has 0 amide bonds. The lowest BCUT2D eigenvalue weighted by Gasteiger charge is -2.25. The van der Waals surface area contributed by atoms with Gasteiger partial charge in [-0.05, 0) is 24.7 Å². The molecule has 1 saturated carbocycles. The molecule has 1 aromatic rings. The molecule has 0 aliphatic heterocycles. The van der Waals surface area contributed by atoms with Gasteiger partial charge < -0.3 is 10.3 Å². The number of nitrogens with zero attached hydrogens (tertiary/aromatic N) is 1. The van der Waals surface area contributed by atoms with Gasteiger partial charge in [0, 0.05) is 11.5 Å². The third kappa shape index (κ3) is 1.64. The van der Waals surface area contributed by atoms with Crippen LogP contribution >= 0.6 is 0 Å². The SMILES string of the molecule is CCc1c(N)noc1C1CCCC1(C)C. The van der Waals surface area contributed by atoms with Crippen molar-refractivity contribution in [2.45, 2.75) is 52.4 Å². The monoisotopic (exact) mass is 208 g/mol. The molecule has 0 aromatic carbocycles. The lowest BCUT2D eigenvalue weighted by atomic mass is 9.79. The fraction of sp³-hybridized carbons (Fsp3) is 0.750. The van der Waals surface area contributed by atoms with Crippen LogP contribution in [0.2, 0.25) is 0 Å². The Morgan fingerprint density at radius 3 is 2.80 bits per heavy atom. The number of nitrogen functional groups attached to an aromatic ring is 1. The Labute approximate surface area is 91.0 Å². The molecule has 2 N–H and O–H groups in total. The van der Waals surface area contributed by atoms with Crippen LogP contribution in [0.5, 0.6) is 0 Å². The highest BCUT2D eigenvalue weighted by atomic mass is 16.5. The van der Waals surface area contributed by atoms with Gasteiger partial charge in [-0.3, -0.25) is 0 Å². The number of nitrogens with two attached hydrogens (primary N) is 1. The number of hydrogen-bond donors (Lipinski definition) is 1. The zero-order chi connectivity index (χ0) is 11.1. The van der Waals surface area contributed by atoms with E-state index >= 15 is 0 Å². The maximum absolute atomic E-state index is 5.80. The number of anilines is 1. The number of aromatic nitrogens is 1. The molecule has 1 unspecified atom stereocenters. The molecule has 0 spiro atoms. The Morgan fingerprint density at radius 1 is 1.53 bits per heavy atom. The highest BCUT2D eigenvalue weighted by molar-refractivity contribution is 5.42. The van der Waals surface area contributed by atoms with Gasteiger partial charge in [0.1, 0.15) is 5.76 Å². The Balaban J connectivity index is 2.37. The van der Waals surface area contributed by atoms with E-state index in [0.29, 0.717) is 17.2 Å². The smallest absolute Gasteiger partial charge is 0.170 e. The predicted molar refractivity (Wildman–Crippen MR) is 60.7 cm³/mol. The van der Waals surface area contributed by atoms with Gasteiger partial charge in [-0.1, -0.05) is 32.3 Å². The van der Waals surface area contributed by atoms with Gasteiger partial charge in [-0.15, -0.1) is 0 Å². The number of hydrogen-bond acceptors (Lipinski definition) is 3. The summed E-state index contributed by atoms with van der Waals surface area (Å²) in [4.78, 5) is 0. The summed E-state index contributed by atoms with van der Waals surface area (Å²) in [5, 5.41) is 3.90. The summed E-state index contributed by atoms with van der Waals surface area (Å²) in [5.41, 5.74) is 7.25. The van der Waals surface area contributed by atoms with Gasteiger partial charge in [0.05, 0.1) is 0 Å². The van der Waals surface area contributed by atoms with Crippen LogP contribution in [-0.2, 0) is 6.42 Å². The molecule has 0 bridgehead atoms. The first-order chi connectivity index (χ1) is 7.06. The first-order valence-electron chi connectivity index (χ1n) is 5.80. The highest BCUT2D eigenvalue weighted by Crippen LogP contribution is 2.50. The topological polar surface area (TPSA) is 52.0 Å². The summed E-state index contributed by atoms with van der Waals surface area (Å²) < 4.78 is 5.43. The molecular formula is C12H20N2O. The van der Waals surface area contributed by atoms with E-state index in [0.717, 1.165) is 17.7 Å². The van der Waals surface area contributed by atoms with Crippen LogP contribution in [-0.4, -0.2) is 5.16 Å². The molecule has 1 atom stereocenters. The molecule has 3 heteroatoms. The van der Waals surface area contributed by atoms with E-state index in [1.165, 1.54) is 19.3 Å². The predicted octanol–water partition coefficient (Wildman–Crippen LogP) is 3.11. The Kier molecular flexibility index (Phi) is 2.49. The van der Waals surface area contributed by atoms with Crippen LogP contribution < -0.4 is 5.73 Å². The minimum atomic E-state index is 0.329. The van der Waals surface area contributed by atoms with Crippen molar-refractivity contribution in [2.75, 3.05) is 5.73 Å². The summed E-state index contributed by atoms with van der Waals surface area (Å²) in [6.45, 7) is 6.72. The maximum atomic E-state index is 5.80. The van der Waals surface area contributed by atoms with Crippen LogP contribution in [0, 0.1) is 5.41 Å².